The Morgan fingerprint density at radius 1 is 1.28 bits per heavy atom. The lowest BCUT2D eigenvalue weighted by Gasteiger charge is -2.17. The van der Waals surface area contributed by atoms with Crippen LogP contribution in [0.2, 0.25) is 5.02 Å². The van der Waals surface area contributed by atoms with Crippen molar-refractivity contribution in [1.82, 2.24) is 19.7 Å². The van der Waals surface area contributed by atoms with Gasteiger partial charge in [-0.15, -0.1) is 0 Å². The molecule has 7 heteroatoms. The summed E-state index contributed by atoms with van der Waals surface area (Å²) in [6.07, 6.45) is 3.75. The maximum Gasteiger partial charge on any atom is 0.142 e. The normalized spacial score (nSPS) is 12.5. The number of hydrogen-bond donors (Lipinski definition) is 1. The Hall–Kier alpha value is -2.86. The van der Waals surface area contributed by atoms with Crippen LogP contribution in [0.3, 0.4) is 0 Å². The van der Waals surface area contributed by atoms with Gasteiger partial charge in [0.2, 0.25) is 0 Å². The van der Waals surface area contributed by atoms with Gasteiger partial charge < -0.3 is 9.72 Å². The molecule has 4 aromatic rings. The quantitative estimate of drug-likeness (QED) is 0.479. The third-order valence-corrected chi connectivity index (χ3v) is 5.96. The van der Waals surface area contributed by atoms with Gasteiger partial charge in [0.1, 0.15) is 17.2 Å². The van der Waals surface area contributed by atoms with E-state index in [0.29, 0.717) is 11.3 Å². The highest BCUT2D eigenvalue weighted by Crippen LogP contribution is 2.41. The minimum atomic E-state index is -0.463. The van der Waals surface area contributed by atoms with Crippen molar-refractivity contribution in [2.75, 3.05) is 7.11 Å². The fourth-order valence-corrected chi connectivity index (χ4v) is 4.32. The van der Waals surface area contributed by atoms with Crippen LogP contribution in [0.25, 0.3) is 22.2 Å². The van der Waals surface area contributed by atoms with E-state index in [1.54, 1.807) is 13.2 Å². The Morgan fingerprint density at radius 2 is 2.03 bits per heavy atom. The largest absolute Gasteiger partial charge is 0.496 e. The van der Waals surface area contributed by atoms with Crippen molar-refractivity contribution < 1.29 is 9.13 Å². The highest BCUT2D eigenvalue weighted by atomic mass is 35.5. The summed E-state index contributed by atoms with van der Waals surface area (Å²) < 4.78 is 21.5. The van der Waals surface area contributed by atoms with Crippen molar-refractivity contribution in [3.8, 4) is 16.9 Å². The number of benzene rings is 1. The van der Waals surface area contributed by atoms with Gasteiger partial charge in [-0.3, -0.25) is 4.68 Å². The van der Waals surface area contributed by atoms with E-state index in [-0.39, 0.29) is 10.9 Å². The molecule has 0 aliphatic rings. The number of aromatic nitrogens is 4. The Kier molecular flexibility index (Phi) is 4.82. The van der Waals surface area contributed by atoms with Crippen molar-refractivity contribution in [2.24, 2.45) is 7.05 Å². The average molecular weight is 413 g/mol. The minimum Gasteiger partial charge on any atom is -0.496 e. The van der Waals surface area contributed by atoms with E-state index in [9.17, 15) is 4.39 Å². The summed E-state index contributed by atoms with van der Waals surface area (Å²) in [4.78, 5) is 7.81. The summed E-state index contributed by atoms with van der Waals surface area (Å²) in [7, 11) is 3.49. The molecule has 3 heterocycles. The Bertz CT molecular complexity index is 1230. The number of rotatable bonds is 4. The lowest BCUT2D eigenvalue weighted by molar-refractivity contribution is 0.407. The fraction of sp³-hybridized carbons (Fsp3) is 0.273. The van der Waals surface area contributed by atoms with Crippen LogP contribution < -0.4 is 4.74 Å². The highest BCUT2D eigenvalue weighted by Gasteiger charge is 2.23. The second-order valence-corrected chi connectivity index (χ2v) is 7.61. The number of fused-ring (bicyclic) bond motifs is 1. The van der Waals surface area contributed by atoms with Gasteiger partial charge in [0.05, 0.1) is 17.8 Å². The van der Waals surface area contributed by atoms with Crippen LogP contribution in [0, 0.1) is 19.7 Å². The molecule has 29 heavy (non-hydrogen) atoms. The molecular formula is C22H22ClFN4O. The molecule has 150 valence electrons. The zero-order valence-corrected chi connectivity index (χ0v) is 17.7. The molecule has 5 nitrogen and oxygen atoms in total. The van der Waals surface area contributed by atoms with Crippen molar-refractivity contribution in [2.45, 2.75) is 26.7 Å². The van der Waals surface area contributed by atoms with Gasteiger partial charge in [0, 0.05) is 53.1 Å². The smallest absolute Gasteiger partial charge is 0.142 e. The molecule has 1 N–H and O–H groups in total. The summed E-state index contributed by atoms with van der Waals surface area (Å²) in [6, 6.07) is 5.02. The zero-order chi connectivity index (χ0) is 20.9. The molecule has 3 aromatic heterocycles. The standard InChI is InChI=1S/C22H22ClFN4O/c1-11(19-18(29-5)7-6-17(24)21(19)23)16-10-26-22-15(16)8-14(9-25-22)20-12(2)27-28(4)13(20)3/h6-11H,1-5H3,(H,25,26). The Balaban J connectivity index is 1.89. The van der Waals surface area contributed by atoms with Gasteiger partial charge in [-0.2, -0.15) is 5.10 Å². The molecule has 0 fully saturated rings. The first-order valence-corrected chi connectivity index (χ1v) is 9.70. The molecular weight excluding hydrogens is 391 g/mol. The third kappa shape index (κ3) is 3.08. The molecule has 0 aliphatic heterocycles. The van der Waals surface area contributed by atoms with Crippen molar-refractivity contribution in [3.63, 3.8) is 0 Å². The first-order chi connectivity index (χ1) is 13.8. The van der Waals surface area contributed by atoms with E-state index in [4.69, 9.17) is 16.3 Å². The van der Waals surface area contributed by atoms with E-state index in [0.717, 1.165) is 39.1 Å². The van der Waals surface area contributed by atoms with Gasteiger partial charge >= 0.3 is 0 Å². The Morgan fingerprint density at radius 3 is 2.69 bits per heavy atom. The maximum absolute atomic E-state index is 14.2. The van der Waals surface area contributed by atoms with Crippen LogP contribution in [0.5, 0.6) is 5.75 Å². The molecule has 0 bridgehead atoms. The summed E-state index contributed by atoms with van der Waals surface area (Å²) in [5.41, 5.74) is 6.44. The van der Waals surface area contributed by atoms with E-state index in [1.807, 2.05) is 44.9 Å². The first kappa shape index (κ1) is 19.5. The van der Waals surface area contributed by atoms with Crippen molar-refractivity contribution in [1.29, 1.82) is 0 Å². The predicted molar refractivity (Wildman–Crippen MR) is 113 cm³/mol. The number of nitrogens with one attached hydrogen (secondary N) is 1. The van der Waals surface area contributed by atoms with Crippen LogP contribution in [0.15, 0.2) is 30.6 Å². The van der Waals surface area contributed by atoms with Crippen LogP contribution in [0.1, 0.15) is 35.4 Å². The minimum absolute atomic E-state index is 0.0780. The highest BCUT2D eigenvalue weighted by molar-refractivity contribution is 6.31. The monoisotopic (exact) mass is 412 g/mol. The Labute approximate surface area is 173 Å². The average Bonchev–Trinajstić information content (AvgIpc) is 3.23. The zero-order valence-electron chi connectivity index (χ0n) is 17.0. The number of pyridine rings is 1. The molecule has 0 radical (unpaired) electrons. The summed E-state index contributed by atoms with van der Waals surface area (Å²) in [6.45, 7) is 6.02. The molecule has 0 amide bonds. The molecule has 1 aromatic carbocycles. The van der Waals surface area contributed by atoms with Crippen LogP contribution in [0.4, 0.5) is 4.39 Å². The number of halogens is 2. The summed E-state index contributed by atoms with van der Waals surface area (Å²) >= 11 is 6.32. The van der Waals surface area contributed by atoms with Gasteiger partial charge in [0.25, 0.3) is 0 Å². The molecule has 0 aliphatic carbocycles. The summed E-state index contributed by atoms with van der Waals surface area (Å²) in [5.74, 6) is -0.106. The number of H-pyrrole nitrogens is 1. The second-order valence-electron chi connectivity index (χ2n) is 7.23. The van der Waals surface area contributed by atoms with Gasteiger partial charge in [-0.1, -0.05) is 18.5 Å². The van der Waals surface area contributed by atoms with E-state index >= 15 is 0 Å². The number of ether oxygens (including phenoxy) is 1. The topological polar surface area (TPSA) is 55.7 Å². The number of aromatic amines is 1. The molecule has 4 rings (SSSR count). The van der Waals surface area contributed by atoms with Gasteiger partial charge in [-0.05, 0) is 37.6 Å². The molecule has 0 saturated carbocycles. The number of methoxy groups -OCH3 is 1. The molecule has 1 atom stereocenters. The predicted octanol–water partition coefficient (Wildman–Crippen LogP) is 5.53. The van der Waals surface area contributed by atoms with Crippen molar-refractivity contribution in [3.05, 3.63) is 63.9 Å². The molecule has 0 spiro atoms. The fourth-order valence-electron chi connectivity index (χ4n) is 4.00. The maximum atomic E-state index is 14.2. The van der Waals surface area contributed by atoms with Crippen LogP contribution >= 0.6 is 11.6 Å². The van der Waals surface area contributed by atoms with Crippen LogP contribution in [-0.4, -0.2) is 26.9 Å². The lowest BCUT2D eigenvalue weighted by atomic mass is 9.91. The molecule has 1 unspecified atom stereocenters. The first-order valence-electron chi connectivity index (χ1n) is 9.33. The SMILES string of the molecule is COc1ccc(F)c(Cl)c1C(C)c1c[nH]c2ncc(-c3c(C)nn(C)c3C)cc12. The van der Waals surface area contributed by atoms with Crippen LogP contribution in [-0.2, 0) is 7.05 Å². The lowest BCUT2D eigenvalue weighted by Crippen LogP contribution is -2.02. The second kappa shape index (κ2) is 7.19. The van der Waals surface area contributed by atoms with Gasteiger partial charge in [0.15, 0.2) is 0 Å². The molecule has 0 saturated heterocycles. The summed E-state index contributed by atoms with van der Waals surface area (Å²) in [5, 5.41) is 5.55. The number of aryl methyl sites for hydroxylation is 2. The number of nitrogens with zero attached hydrogens (tertiary/aromatic N) is 3. The van der Waals surface area contributed by atoms with Gasteiger partial charge in [-0.25, -0.2) is 9.37 Å². The van der Waals surface area contributed by atoms with E-state index in [2.05, 4.69) is 21.1 Å². The third-order valence-electron chi connectivity index (χ3n) is 5.57. The van der Waals surface area contributed by atoms with E-state index in [1.165, 1.54) is 6.07 Å². The number of hydrogen-bond acceptors (Lipinski definition) is 3. The van der Waals surface area contributed by atoms with Crippen molar-refractivity contribution >= 4 is 22.6 Å². The van der Waals surface area contributed by atoms with E-state index < -0.39 is 5.82 Å².